The van der Waals surface area contributed by atoms with Crippen LogP contribution in [0.3, 0.4) is 0 Å². The maximum Gasteiger partial charge on any atom is 0.171 e. The topological polar surface area (TPSA) is 7.76 Å². The molecule has 0 aromatic carbocycles. The zero-order chi connectivity index (χ0) is 17.0. The van der Waals surface area contributed by atoms with Gasteiger partial charge in [0.15, 0.2) is 24.8 Å². The second kappa shape index (κ2) is 15.8. The van der Waals surface area contributed by atoms with E-state index < -0.39 is 0 Å². The minimum absolute atomic E-state index is 0. The number of rotatable bonds is 11. The number of pyridine rings is 2. The molecule has 0 spiro atoms. The Balaban J connectivity index is 0.00000312. The van der Waals surface area contributed by atoms with Crippen molar-refractivity contribution in [3.63, 3.8) is 0 Å². The average molecular weight is 580 g/mol. The van der Waals surface area contributed by atoms with Gasteiger partial charge < -0.3 is 48.0 Å². The van der Waals surface area contributed by atoms with E-state index in [1.807, 2.05) is 0 Å². The number of hydrogen-bond acceptors (Lipinski definition) is 0. The summed E-state index contributed by atoms with van der Waals surface area (Å²) in [6, 6.07) is 8.61. The van der Waals surface area contributed by atoms with Crippen molar-refractivity contribution in [3.05, 3.63) is 60.2 Å². The smallest absolute Gasteiger partial charge is 0.171 e. The Morgan fingerprint density at radius 3 is 1.27 bits per heavy atom. The molecule has 0 N–H and O–H groups in total. The Kier molecular flexibility index (Phi) is 15.6. The normalized spacial score (nSPS) is 10.1. The van der Waals surface area contributed by atoms with Gasteiger partial charge in [-0.1, -0.05) is 25.7 Å². The Bertz CT molecular complexity index is 549. The number of halogens is 2. The molecule has 2 aromatic rings. The fraction of sp³-hybridized carbons (Fsp3) is 0.545. The van der Waals surface area contributed by atoms with E-state index in [0.29, 0.717) is 0 Å². The highest BCUT2D eigenvalue weighted by molar-refractivity contribution is 5.01. The molecule has 146 valence electrons. The van der Waals surface area contributed by atoms with Crippen LogP contribution in [0.4, 0.5) is 0 Å². The minimum atomic E-state index is 0. The average Bonchev–Trinajstić information content (AvgIpc) is 2.57. The lowest BCUT2D eigenvalue weighted by molar-refractivity contribution is -0.697. The predicted octanol–water partition coefficient (Wildman–Crippen LogP) is -1.29. The van der Waals surface area contributed by atoms with Crippen LogP contribution in [0.15, 0.2) is 49.1 Å². The van der Waals surface area contributed by atoms with Gasteiger partial charge in [-0.15, -0.1) is 0 Å². The molecule has 2 nitrogen and oxygen atoms in total. The molecule has 0 atom stereocenters. The van der Waals surface area contributed by atoms with Crippen molar-refractivity contribution in [2.75, 3.05) is 0 Å². The van der Waals surface area contributed by atoms with Crippen molar-refractivity contribution in [2.45, 2.75) is 78.3 Å². The Morgan fingerprint density at radius 1 is 0.577 bits per heavy atom. The lowest BCUT2D eigenvalue weighted by atomic mass is 10.1. The highest BCUT2D eigenvalue weighted by Crippen LogP contribution is 2.08. The quantitative estimate of drug-likeness (QED) is 0.178. The number of unbranched alkanes of at least 4 members (excludes halogenated alkanes) is 7. The molecule has 0 fully saturated rings. The molecule has 2 rings (SSSR count). The first-order valence-corrected chi connectivity index (χ1v) is 9.65. The zero-order valence-electron chi connectivity index (χ0n) is 16.3. The summed E-state index contributed by atoms with van der Waals surface area (Å²) in [6.07, 6.45) is 19.7. The van der Waals surface area contributed by atoms with E-state index in [-0.39, 0.29) is 48.0 Å². The van der Waals surface area contributed by atoms with Crippen LogP contribution < -0.4 is 57.1 Å². The second-order valence-corrected chi connectivity index (χ2v) is 7.07. The van der Waals surface area contributed by atoms with Crippen LogP contribution in [0.1, 0.15) is 62.5 Å². The summed E-state index contributed by atoms with van der Waals surface area (Å²) < 4.78 is 4.64. The SMILES string of the molecule is Cc1ccc[n+](CCCCCCCCCC[n+]2cccc(C)c2)c1.[I-].[I-]. The largest absolute Gasteiger partial charge is 1.00 e. The summed E-state index contributed by atoms with van der Waals surface area (Å²) in [5.41, 5.74) is 2.70. The van der Waals surface area contributed by atoms with E-state index in [9.17, 15) is 0 Å². The fourth-order valence-electron chi connectivity index (χ4n) is 3.23. The van der Waals surface area contributed by atoms with Crippen LogP contribution in [-0.2, 0) is 13.1 Å². The van der Waals surface area contributed by atoms with Crippen LogP contribution in [-0.4, -0.2) is 0 Å². The first-order chi connectivity index (χ1) is 11.7. The molecule has 26 heavy (non-hydrogen) atoms. The van der Waals surface area contributed by atoms with Crippen molar-refractivity contribution in [3.8, 4) is 0 Å². The highest BCUT2D eigenvalue weighted by Gasteiger charge is 2.01. The maximum absolute atomic E-state index is 2.32. The van der Waals surface area contributed by atoms with E-state index in [1.165, 1.54) is 62.5 Å². The van der Waals surface area contributed by atoms with Crippen LogP contribution >= 0.6 is 0 Å². The third-order valence-corrected chi connectivity index (χ3v) is 4.59. The van der Waals surface area contributed by atoms with E-state index in [0.717, 1.165) is 13.1 Å². The van der Waals surface area contributed by atoms with Crippen molar-refractivity contribution < 1.29 is 57.1 Å². The molecule has 2 aromatic heterocycles. The van der Waals surface area contributed by atoms with Gasteiger partial charge >= 0.3 is 0 Å². The van der Waals surface area contributed by atoms with Crippen molar-refractivity contribution >= 4 is 0 Å². The molecule has 0 saturated heterocycles. The summed E-state index contributed by atoms with van der Waals surface area (Å²) in [6.45, 7) is 6.65. The molecular weight excluding hydrogens is 546 g/mol. The molecule has 0 radical (unpaired) electrons. The number of aromatic nitrogens is 2. The number of aryl methyl sites for hydroxylation is 4. The van der Waals surface area contributed by atoms with Gasteiger partial charge in [-0.25, -0.2) is 9.13 Å². The predicted molar refractivity (Wildman–Crippen MR) is 99.7 cm³/mol. The monoisotopic (exact) mass is 580 g/mol. The van der Waals surface area contributed by atoms with E-state index in [2.05, 4.69) is 72.0 Å². The van der Waals surface area contributed by atoms with E-state index >= 15 is 0 Å². The maximum atomic E-state index is 2.32. The van der Waals surface area contributed by atoms with Gasteiger partial charge in [0.2, 0.25) is 0 Å². The first kappa shape index (κ1) is 25.8. The molecule has 0 aliphatic carbocycles. The second-order valence-electron chi connectivity index (χ2n) is 7.07. The summed E-state index contributed by atoms with van der Waals surface area (Å²) in [4.78, 5) is 0. The molecule has 0 saturated carbocycles. The van der Waals surface area contributed by atoms with Gasteiger partial charge in [0.25, 0.3) is 0 Å². The van der Waals surface area contributed by atoms with Gasteiger partial charge in [-0.05, 0) is 38.8 Å². The summed E-state index contributed by atoms with van der Waals surface area (Å²) in [5, 5.41) is 0. The molecule has 2 heterocycles. The minimum Gasteiger partial charge on any atom is -1.00 e. The molecule has 4 heteroatoms. The van der Waals surface area contributed by atoms with E-state index in [1.54, 1.807) is 0 Å². The first-order valence-electron chi connectivity index (χ1n) is 9.65. The molecule has 0 unspecified atom stereocenters. The lowest BCUT2D eigenvalue weighted by Gasteiger charge is -2.02. The van der Waals surface area contributed by atoms with E-state index in [4.69, 9.17) is 0 Å². The summed E-state index contributed by atoms with van der Waals surface area (Å²) in [7, 11) is 0. The number of hydrogen-bond donors (Lipinski definition) is 0. The Labute approximate surface area is 194 Å². The van der Waals surface area contributed by atoms with Gasteiger partial charge in [0.1, 0.15) is 13.1 Å². The summed E-state index contributed by atoms with van der Waals surface area (Å²) in [5.74, 6) is 0. The molecule has 0 aliphatic heterocycles. The van der Waals surface area contributed by atoms with Crippen molar-refractivity contribution in [2.24, 2.45) is 0 Å². The third kappa shape index (κ3) is 11.5. The van der Waals surface area contributed by atoms with Crippen molar-refractivity contribution in [1.82, 2.24) is 0 Å². The van der Waals surface area contributed by atoms with Crippen molar-refractivity contribution in [1.29, 1.82) is 0 Å². The van der Waals surface area contributed by atoms with Gasteiger partial charge in [-0.3, -0.25) is 0 Å². The molecule has 0 bridgehead atoms. The Hall–Kier alpha value is -0.240. The van der Waals surface area contributed by atoms with Gasteiger partial charge in [0, 0.05) is 36.1 Å². The van der Waals surface area contributed by atoms with Crippen LogP contribution in [0.5, 0.6) is 0 Å². The molecule has 0 amide bonds. The van der Waals surface area contributed by atoms with Gasteiger partial charge in [-0.2, -0.15) is 0 Å². The number of nitrogens with zero attached hydrogens (tertiary/aromatic N) is 2. The lowest BCUT2D eigenvalue weighted by Crippen LogP contribution is -3.00. The standard InChI is InChI=1S/C22H34N2.2HI/c1-21-13-11-17-23(19-21)15-9-7-5-3-4-6-8-10-16-24-18-12-14-22(2)20-24;;/h11-14,17-20H,3-10,15-16H2,1-2H3;2*1H/q+2;;/p-2. The van der Waals surface area contributed by atoms with Gasteiger partial charge in [0.05, 0.1) is 0 Å². The highest BCUT2D eigenvalue weighted by atomic mass is 127. The molecule has 0 aliphatic rings. The third-order valence-electron chi connectivity index (χ3n) is 4.59. The van der Waals surface area contributed by atoms with Crippen LogP contribution in [0.2, 0.25) is 0 Å². The van der Waals surface area contributed by atoms with Crippen LogP contribution in [0.25, 0.3) is 0 Å². The fourth-order valence-corrected chi connectivity index (χ4v) is 3.23. The molecular formula is C22H34I2N2. The van der Waals surface area contributed by atoms with Crippen LogP contribution in [0, 0.1) is 13.8 Å². The zero-order valence-corrected chi connectivity index (χ0v) is 20.7. The Morgan fingerprint density at radius 2 is 0.923 bits per heavy atom. The summed E-state index contributed by atoms with van der Waals surface area (Å²) >= 11 is 0.